The topological polar surface area (TPSA) is 135 Å². The van der Waals surface area contributed by atoms with Gasteiger partial charge in [-0.1, -0.05) is 84.2 Å². The number of carbonyl (C=O) groups is 5. The third-order valence-corrected chi connectivity index (χ3v) is 12.1. The highest BCUT2D eigenvalue weighted by Crippen LogP contribution is 2.32. The van der Waals surface area contributed by atoms with Gasteiger partial charge in [0.1, 0.15) is 16.8 Å². The smallest absolute Gasteiger partial charge is 0.309 e. The van der Waals surface area contributed by atoms with Crippen molar-refractivity contribution in [2.24, 2.45) is 23.7 Å². The van der Waals surface area contributed by atoms with Crippen molar-refractivity contribution in [1.29, 1.82) is 0 Å². The van der Waals surface area contributed by atoms with Gasteiger partial charge < -0.3 is 19.7 Å². The predicted octanol–water partition coefficient (Wildman–Crippen LogP) is 6.70. The van der Waals surface area contributed by atoms with Crippen LogP contribution in [0.5, 0.6) is 0 Å². The molecule has 1 aromatic carbocycles. The summed E-state index contributed by atoms with van der Waals surface area (Å²) in [6, 6.07) is 8.19. The van der Waals surface area contributed by atoms with Gasteiger partial charge in [0.15, 0.2) is 11.6 Å². The van der Waals surface area contributed by atoms with Crippen LogP contribution in [0.4, 0.5) is 0 Å². The van der Waals surface area contributed by atoms with Crippen molar-refractivity contribution in [2.75, 3.05) is 34.9 Å². The molecular weight excluding hydrogens is 705 g/mol. The Morgan fingerprint density at radius 3 is 2.33 bits per heavy atom. The molecule has 1 fully saturated rings. The second-order valence-electron chi connectivity index (χ2n) is 15.3. The van der Waals surface area contributed by atoms with Gasteiger partial charge in [-0.2, -0.15) is 0 Å². The molecule has 1 N–H and O–H groups in total. The van der Waals surface area contributed by atoms with E-state index in [9.17, 15) is 24.0 Å². The second kappa shape index (κ2) is 22.2. The van der Waals surface area contributed by atoms with Crippen LogP contribution in [0.25, 0.3) is 0 Å². The molecule has 300 valence electrons. The van der Waals surface area contributed by atoms with Gasteiger partial charge in [-0.05, 0) is 56.7 Å². The summed E-state index contributed by atoms with van der Waals surface area (Å²) in [6.07, 6.45) is 5.35. The summed E-state index contributed by atoms with van der Waals surface area (Å²) in [5, 5.41) is 5.14. The molecule has 11 nitrogen and oxygen atoms in total. The number of Topliss-reactive ketones (excluding diaryl/α,β-unsaturated/α-hetero) is 2. The number of nitrogens with zero attached hydrogens (tertiary/aromatic N) is 3. The Kier molecular flexibility index (Phi) is 18.4. The Morgan fingerprint density at radius 1 is 1.04 bits per heavy atom. The zero-order valence-corrected chi connectivity index (χ0v) is 34.8. The maximum atomic E-state index is 14.2. The van der Waals surface area contributed by atoms with Gasteiger partial charge >= 0.3 is 5.97 Å². The van der Waals surface area contributed by atoms with Gasteiger partial charge in [-0.3, -0.25) is 28.9 Å². The lowest BCUT2D eigenvalue weighted by Crippen LogP contribution is -2.48. The number of thiazole rings is 1. The number of rotatable bonds is 22. The Bertz CT molecular complexity index is 1510. The SMILES string of the molecule is CCC[C@H](CC(=O)[C@H](Cc1ccccc1)NC(=O)c1csc([C@@H](C[C@H](C(C)C)N(C)C(=O)[C@@H](CC(=O)[C@H]2CCCCN2C)[C@@H](C)CC)OC)n1)C(=O)OC. The van der Waals surface area contributed by atoms with Crippen molar-refractivity contribution < 1.29 is 33.4 Å². The van der Waals surface area contributed by atoms with Crippen LogP contribution in [0.3, 0.4) is 0 Å². The maximum Gasteiger partial charge on any atom is 0.309 e. The average Bonchev–Trinajstić information content (AvgIpc) is 3.66. The standard InChI is InChI=1S/C42H64N4O7S/c1-10-17-30(42(51)53-9)23-36(47)32(22-29-18-13-12-14-19-29)43-39(49)33-26-54-40(44-33)38(52-8)25-35(27(3)4)46(7)41(50)31(28(5)11-2)24-37(48)34-20-15-16-21-45(34)6/h12-14,18-19,26-28,30-32,34-35,38H,10-11,15-17,20-25H2,1-9H3,(H,43,49)/t28-,30+,31-,32-,34+,35+,38+/m0/s1. The quantitative estimate of drug-likeness (QED) is 0.130. The van der Waals surface area contributed by atoms with E-state index < -0.39 is 35.9 Å². The van der Waals surface area contributed by atoms with E-state index in [2.05, 4.69) is 42.9 Å². The number of amides is 2. The Morgan fingerprint density at radius 2 is 1.74 bits per heavy atom. The normalized spacial score (nSPS) is 18.2. The molecule has 0 radical (unpaired) electrons. The lowest BCUT2D eigenvalue weighted by Gasteiger charge is -2.37. The van der Waals surface area contributed by atoms with Crippen molar-refractivity contribution in [3.05, 3.63) is 52.0 Å². The first-order chi connectivity index (χ1) is 25.8. The number of likely N-dealkylation sites (N-methyl/N-ethyl adjacent to an activating group) is 1. The third-order valence-electron chi connectivity index (χ3n) is 11.2. The number of carbonyl (C=O) groups excluding carboxylic acids is 5. The van der Waals surface area contributed by atoms with Gasteiger partial charge in [0.05, 0.1) is 25.1 Å². The van der Waals surface area contributed by atoms with Crippen molar-refractivity contribution in [2.45, 2.75) is 123 Å². The van der Waals surface area contributed by atoms with Crippen LogP contribution < -0.4 is 5.32 Å². The minimum atomic E-state index is -0.874. The molecule has 1 aromatic heterocycles. The van der Waals surface area contributed by atoms with Crippen LogP contribution in [-0.4, -0.2) is 97.1 Å². The number of likely N-dealkylation sites (tertiary alicyclic amines) is 1. The highest BCUT2D eigenvalue weighted by molar-refractivity contribution is 7.09. The summed E-state index contributed by atoms with van der Waals surface area (Å²) in [7, 11) is 6.73. The second-order valence-corrected chi connectivity index (χ2v) is 16.2. The fraction of sp³-hybridized carbons (Fsp3) is 0.667. The first-order valence-electron chi connectivity index (χ1n) is 19.7. The molecule has 7 atom stereocenters. The minimum absolute atomic E-state index is 0.0357. The Labute approximate surface area is 326 Å². The Balaban J connectivity index is 1.78. The summed E-state index contributed by atoms with van der Waals surface area (Å²) < 4.78 is 10.9. The first-order valence-corrected chi connectivity index (χ1v) is 20.6. The summed E-state index contributed by atoms with van der Waals surface area (Å²) in [5.41, 5.74) is 1.04. The molecule has 12 heteroatoms. The number of hydrogen-bond donors (Lipinski definition) is 1. The summed E-state index contributed by atoms with van der Waals surface area (Å²) in [6.45, 7) is 11.1. The van der Waals surface area contributed by atoms with Crippen LogP contribution >= 0.6 is 11.3 Å². The molecule has 1 aliphatic heterocycles. The predicted molar refractivity (Wildman–Crippen MR) is 212 cm³/mol. The number of piperidine rings is 1. The van der Waals surface area contributed by atoms with E-state index in [1.165, 1.54) is 18.4 Å². The lowest BCUT2D eigenvalue weighted by atomic mass is 9.83. The molecule has 2 aromatic rings. The van der Waals surface area contributed by atoms with E-state index in [1.807, 2.05) is 51.4 Å². The number of benzene rings is 1. The van der Waals surface area contributed by atoms with Gasteiger partial charge in [0.2, 0.25) is 5.91 Å². The van der Waals surface area contributed by atoms with Crippen molar-refractivity contribution in [3.63, 3.8) is 0 Å². The number of methoxy groups -OCH3 is 2. The van der Waals surface area contributed by atoms with E-state index in [0.717, 1.165) is 37.8 Å². The molecule has 0 spiro atoms. The van der Waals surface area contributed by atoms with Gasteiger partial charge in [-0.15, -0.1) is 11.3 Å². The zero-order valence-electron chi connectivity index (χ0n) is 34.0. The number of ketones is 2. The van der Waals surface area contributed by atoms with E-state index in [0.29, 0.717) is 24.3 Å². The molecule has 1 saturated heterocycles. The van der Waals surface area contributed by atoms with Crippen LogP contribution in [0.15, 0.2) is 35.7 Å². The van der Waals surface area contributed by atoms with Crippen LogP contribution in [0.1, 0.15) is 120 Å². The van der Waals surface area contributed by atoms with E-state index in [4.69, 9.17) is 9.47 Å². The number of hydrogen-bond acceptors (Lipinski definition) is 10. The third kappa shape index (κ3) is 12.5. The fourth-order valence-corrected chi connectivity index (χ4v) is 8.43. The number of aromatic nitrogens is 1. The Hall–Kier alpha value is -3.48. The molecule has 54 heavy (non-hydrogen) atoms. The fourth-order valence-electron chi connectivity index (χ4n) is 7.54. The van der Waals surface area contributed by atoms with E-state index in [1.54, 1.807) is 17.4 Å². The number of nitrogens with one attached hydrogen (secondary N) is 1. The largest absolute Gasteiger partial charge is 0.469 e. The molecule has 0 bridgehead atoms. The van der Waals surface area contributed by atoms with Crippen LogP contribution in [0, 0.1) is 23.7 Å². The van der Waals surface area contributed by atoms with Crippen molar-refractivity contribution in [3.8, 4) is 0 Å². The molecule has 2 amide bonds. The molecular formula is C42H64N4O7S. The summed E-state index contributed by atoms with van der Waals surface area (Å²) >= 11 is 1.29. The van der Waals surface area contributed by atoms with Crippen molar-refractivity contribution in [1.82, 2.24) is 20.1 Å². The highest BCUT2D eigenvalue weighted by atomic mass is 32.1. The molecule has 0 unspecified atom stereocenters. The average molecular weight is 769 g/mol. The monoisotopic (exact) mass is 768 g/mol. The number of ether oxygens (including phenoxy) is 2. The number of esters is 1. The summed E-state index contributed by atoms with van der Waals surface area (Å²) in [5.74, 6) is -1.97. The van der Waals surface area contributed by atoms with Crippen LogP contribution in [0.2, 0.25) is 0 Å². The first kappa shape index (κ1) is 44.9. The zero-order chi connectivity index (χ0) is 39.9. The van der Waals surface area contributed by atoms with E-state index in [-0.39, 0.29) is 66.3 Å². The molecule has 1 aliphatic rings. The van der Waals surface area contributed by atoms with Gasteiger partial charge in [-0.25, -0.2) is 4.98 Å². The minimum Gasteiger partial charge on any atom is -0.469 e. The molecule has 2 heterocycles. The van der Waals surface area contributed by atoms with Gasteiger partial charge in [0, 0.05) is 50.8 Å². The maximum absolute atomic E-state index is 14.2. The molecule has 0 aliphatic carbocycles. The summed E-state index contributed by atoms with van der Waals surface area (Å²) in [4.78, 5) is 76.1. The highest BCUT2D eigenvalue weighted by Gasteiger charge is 2.37. The molecule has 0 saturated carbocycles. The van der Waals surface area contributed by atoms with Gasteiger partial charge in [0.25, 0.3) is 5.91 Å². The van der Waals surface area contributed by atoms with E-state index >= 15 is 0 Å². The van der Waals surface area contributed by atoms with Crippen LogP contribution in [-0.2, 0) is 35.1 Å². The lowest BCUT2D eigenvalue weighted by molar-refractivity contribution is -0.147. The molecule has 3 rings (SSSR count). The van der Waals surface area contributed by atoms with Crippen molar-refractivity contribution >= 4 is 40.7 Å².